The standard InChI is InChI=1S/C23H20FN3OS/c1-16-6-12-20(13-7-16)27-22(18-8-10-19(24)11-9-18)25-26-23(27)29-15-17-4-3-5-21(14-17)28-2/h3-14H,15H2,1-2H3. The summed E-state index contributed by atoms with van der Waals surface area (Å²) >= 11 is 1.60. The van der Waals surface area contributed by atoms with Gasteiger partial charge >= 0.3 is 0 Å². The third kappa shape index (κ3) is 4.32. The highest BCUT2D eigenvalue weighted by Crippen LogP contribution is 2.30. The van der Waals surface area contributed by atoms with E-state index in [0.29, 0.717) is 5.82 Å². The molecule has 0 N–H and O–H groups in total. The second-order valence-electron chi connectivity index (χ2n) is 6.62. The minimum atomic E-state index is -0.275. The van der Waals surface area contributed by atoms with Crippen LogP contribution in [0.3, 0.4) is 0 Å². The summed E-state index contributed by atoms with van der Waals surface area (Å²) in [7, 11) is 1.66. The number of nitrogens with zero attached hydrogens (tertiary/aromatic N) is 3. The van der Waals surface area contributed by atoms with Crippen LogP contribution in [0.4, 0.5) is 4.39 Å². The molecule has 0 atom stereocenters. The van der Waals surface area contributed by atoms with Crippen molar-refractivity contribution < 1.29 is 9.13 Å². The monoisotopic (exact) mass is 405 g/mol. The second-order valence-corrected chi connectivity index (χ2v) is 7.57. The molecule has 1 heterocycles. The average Bonchev–Trinajstić information content (AvgIpc) is 3.17. The van der Waals surface area contributed by atoms with Crippen LogP contribution >= 0.6 is 11.8 Å². The number of rotatable bonds is 6. The predicted octanol–water partition coefficient (Wildman–Crippen LogP) is 5.68. The number of hydrogen-bond donors (Lipinski definition) is 0. The van der Waals surface area contributed by atoms with Gasteiger partial charge in [0.1, 0.15) is 11.6 Å². The maximum atomic E-state index is 13.4. The highest BCUT2D eigenvalue weighted by molar-refractivity contribution is 7.98. The summed E-state index contributed by atoms with van der Waals surface area (Å²) in [6.45, 7) is 2.05. The van der Waals surface area contributed by atoms with E-state index in [1.165, 1.54) is 17.7 Å². The van der Waals surface area contributed by atoms with Crippen LogP contribution in [0.25, 0.3) is 17.1 Å². The predicted molar refractivity (Wildman–Crippen MR) is 114 cm³/mol. The molecule has 0 aliphatic carbocycles. The van der Waals surface area contributed by atoms with Gasteiger partial charge in [0.2, 0.25) is 0 Å². The summed E-state index contributed by atoms with van der Waals surface area (Å²) in [5.41, 5.74) is 4.09. The van der Waals surface area contributed by atoms with Gasteiger partial charge in [0.05, 0.1) is 7.11 Å². The number of thioether (sulfide) groups is 1. The zero-order valence-electron chi connectivity index (χ0n) is 16.2. The Hall–Kier alpha value is -3.12. The van der Waals surface area contributed by atoms with Gasteiger partial charge in [0, 0.05) is 17.0 Å². The van der Waals surface area contributed by atoms with E-state index in [-0.39, 0.29) is 5.82 Å². The van der Waals surface area contributed by atoms with Gasteiger partial charge in [-0.05, 0) is 61.0 Å². The highest BCUT2D eigenvalue weighted by Gasteiger charge is 2.16. The molecule has 0 saturated carbocycles. The van der Waals surface area contributed by atoms with Crippen molar-refractivity contribution in [2.45, 2.75) is 17.8 Å². The molecule has 0 saturated heterocycles. The Labute approximate surface area is 173 Å². The molecule has 146 valence electrons. The molecule has 0 amide bonds. The third-order valence-electron chi connectivity index (χ3n) is 4.53. The molecule has 4 rings (SSSR count). The van der Waals surface area contributed by atoms with Crippen molar-refractivity contribution in [3.8, 4) is 22.8 Å². The number of aryl methyl sites for hydroxylation is 1. The summed E-state index contributed by atoms with van der Waals surface area (Å²) in [5, 5.41) is 9.60. The molecule has 0 aliphatic heterocycles. The first-order valence-corrected chi connectivity index (χ1v) is 10.2. The minimum Gasteiger partial charge on any atom is -0.497 e. The zero-order chi connectivity index (χ0) is 20.2. The number of benzene rings is 3. The Balaban J connectivity index is 1.71. The molecule has 3 aromatic carbocycles. The molecule has 0 bridgehead atoms. The van der Waals surface area contributed by atoms with E-state index < -0.39 is 0 Å². The number of halogens is 1. The molecule has 0 radical (unpaired) electrons. The third-order valence-corrected chi connectivity index (χ3v) is 5.53. The summed E-state index contributed by atoms with van der Waals surface area (Å²) in [6.07, 6.45) is 0. The first-order valence-electron chi connectivity index (χ1n) is 9.18. The maximum absolute atomic E-state index is 13.4. The van der Waals surface area contributed by atoms with Gasteiger partial charge in [-0.3, -0.25) is 4.57 Å². The maximum Gasteiger partial charge on any atom is 0.196 e. The van der Waals surface area contributed by atoms with Crippen LogP contribution in [0.2, 0.25) is 0 Å². The van der Waals surface area contributed by atoms with E-state index in [2.05, 4.69) is 35.3 Å². The molecule has 0 unspecified atom stereocenters. The zero-order valence-corrected chi connectivity index (χ0v) is 17.0. The lowest BCUT2D eigenvalue weighted by Gasteiger charge is -2.11. The lowest BCUT2D eigenvalue weighted by Crippen LogP contribution is -2.00. The van der Waals surface area contributed by atoms with Crippen molar-refractivity contribution >= 4 is 11.8 Å². The fraction of sp³-hybridized carbons (Fsp3) is 0.130. The van der Waals surface area contributed by atoms with Crippen LogP contribution in [0, 0.1) is 12.7 Å². The van der Waals surface area contributed by atoms with E-state index in [1.807, 2.05) is 34.9 Å². The fourth-order valence-electron chi connectivity index (χ4n) is 2.99. The Morgan fingerprint density at radius 2 is 1.72 bits per heavy atom. The first kappa shape index (κ1) is 19.2. The van der Waals surface area contributed by atoms with Crippen molar-refractivity contribution in [1.82, 2.24) is 14.8 Å². The van der Waals surface area contributed by atoms with Crippen molar-refractivity contribution in [3.05, 3.63) is 89.7 Å². The Morgan fingerprint density at radius 1 is 0.966 bits per heavy atom. The molecule has 4 aromatic rings. The lowest BCUT2D eigenvalue weighted by molar-refractivity contribution is 0.414. The lowest BCUT2D eigenvalue weighted by atomic mass is 10.2. The van der Waals surface area contributed by atoms with Crippen molar-refractivity contribution in [2.24, 2.45) is 0 Å². The normalized spacial score (nSPS) is 10.9. The summed E-state index contributed by atoms with van der Waals surface area (Å²) in [6, 6.07) is 22.5. The Morgan fingerprint density at radius 3 is 2.45 bits per heavy atom. The van der Waals surface area contributed by atoms with Gasteiger partial charge in [-0.2, -0.15) is 0 Å². The SMILES string of the molecule is COc1cccc(CSc2nnc(-c3ccc(F)cc3)n2-c2ccc(C)cc2)c1. The summed E-state index contributed by atoms with van der Waals surface area (Å²) < 4.78 is 20.7. The van der Waals surface area contributed by atoms with Gasteiger partial charge in [0.25, 0.3) is 0 Å². The fourth-order valence-corrected chi connectivity index (χ4v) is 3.88. The number of hydrogen-bond acceptors (Lipinski definition) is 4. The number of ether oxygens (including phenoxy) is 1. The van der Waals surface area contributed by atoms with Crippen LogP contribution in [0.1, 0.15) is 11.1 Å². The van der Waals surface area contributed by atoms with Crippen molar-refractivity contribution in [2.75, 3.05) is 7.11 Å². The van der Waals surface area contributed by atoms with Gasteiger partial charge in [-0.25, -0.2) is 4.39 Å². The Kier molecular flexibility index (Phi) is 5.62. The average molecular weight is 405 g/mol. The minimum absolute atomic E-state index is 0.275. The van der Waals surface area contributed by atoms with Gasteiger partial charge in [0.15, 0.2) is 11.0 Å². The van der Waals surface area contributed by atoms with Crippen LogP contribution < -0.4 is 4.74 Å². The van der Waals surface area contributed by atoms with Gasteiger partial charge in [-0.15, -0.1) is 10.2 Å². The van der Waals surface area contributed by atoms with Crippen LogP contribution in [0.5, 0.6) is 5.75 Å². The van der Waals surface area contributed by atoms with Crippen LogP contribution in [-0.4, -0.2) is 21.9 Å². The molecule has 29 heavy (non-hydrogen) atoms. The smallest absolute Gasteiger partial charge is 0.196 e. The van der Waals surface area contributed by atoms with E-state index in [4.69, 9.17) is 4.74 Å². The molecule has 6 heteroatoms. The molecular formula is C23H20FN3OS. The first-order chi connectivity index (χ1) is 14.1. The van der Waals surface area contributed by atoms with E-state index in [0.717, 1.165) is 33.5 Å². The van der Waals surface area contributed by atoms with Gasteiger partial charge < -0.3 is 4.74 Å². The summed E-state index contributed by atoms with van der Waals surface area (Å²) in [4.78, 5) is 0. The highest BCUT2D eigenvalue weighted by atomic mass is 32.2. The Bertz CT molecular complexity index is 1110. The second kappa shape index (κ2) is 8.49. The van der Waals surface area contributed by atoms with Crippen LogP contribution in [0.15, 0.2) is 78.0 Å². The molecule has 1 aromatic heterocycles. The van der Waals surface area contributed by atoms with Crippen molar-refractivity contribution in [1.29, 1.82) is 0 Å². The molecule has 0 spiro atoms. The van der Waals surface area contributed by atoms with Gasteiger partial charge in [-0.1, -0.05) is 41.6 Å². The molecule has 0 fully saturated rings. The number of methoxy groups -OCH3 is 1. The van der Waals surface area contributed by atoms with E-state index in [9.17, 15) is 4.39 Å². The topological polar surface area (TPSA) is 39.9 Å². The van der Waals surface area contributed by atoms with E-state index in [1.54, 1.807) is 31.0 Å². The summed E-state index contributed by atoms with van der Waals surface area (Å²) in [5.74, 6) is 1.96. The molecular weight excluding hydrogens is 385 g/mol. The number of aromatic nitrogens is 3. The quantitative estimate of drug-likeness (QED) is 0.387. The van der Waals surface area contributed by atoms with Crippen LogP contribution in [-0.2, 0) is 5.75 Å². The molecule has 0 aliphatic rings. The van der Waals surface area contributed by atoms with E-state index >= 15 is 0 Å². The largest absolute Gasteiger partial charge is 0.497 e. The molecule has 4 nitrogen and oxygen atoms in total. The van der Waals surface area contributed by atoms with Crippen molar-refractivity contribution in [3.63, 3.8) is 0 Å².